The van der Waals surface area contributed by atoms with Gasteiger partial charge < -0.3 is 55.8 Å². The number of carbonyl (C=O) groups is 10. The molecule has 25 heteroatoms. The van der Waals surface area contributed by atoms with E-state index < -0.39 is 82.7 Å². The molecular formula is C52H58N7O16SZn-. The number of anilines is 1. The number of benzene rings is 2. The van der Waals surface area contributed by atoms with Crippen LogP contribution in [0.4, 0.5) is 5.82 Å². The number of carbonyl (C=O) groups excluding carboxylic acids is 7. The SMILES string of the molecule is C=CC(=O)OCC(COC(=O)C=C)NC(C)C(=O)NC1=N/C(=C\c2[n-]c(NC(=O)C(C)SC(COC=O)C(=O)O)c(C(=O)NCC)c2-c2ccc(CCC(=O)O)cc2)C(c2ccc(CCC(=O)O)cc2)=C1C(=O)NCC.[Zn]. The van der Waals surface area contributed by atoms with Crippen molar-refractivity contribution >= 4 is 95.0 Å². The summed E-state index contributed by atoms with van der Waals surface area (Å²) in [7, 11) is 0. The molecule has 3 atom stereocenters. The predicted octanol–water partition coefficient (Wildman–Crippen LogP) is 3.04. The van der Waals surface area contributed by atoms with E-state index >= 15 is 0 Å². The summed E-state index contributed by atoms with van der Waals surface area (Å²) in [4.78, 5) is 136. The number of carboxylic acids is 3. The van der Waals surface area contributed by atoms with Gasteiger partial charge >= 0.3 is 29.8 Å². The maximum Gasteiger partial charge on any atom is 0.330 e. The molecule has 406 valence electrons. The van der Waals surface area contributed by atoms with E-state index in [1.165, 1.54) is 19.9 Å². The van der Waals surface area contributed by atoms with Gasteiger partial charge in [-0.25, -0.2) is 14.6 Å². The largest absolute Gasteiger partial charge is 0.481 e. The van der Waals surface area contributed by atoms with Crippen LogP contribution in [0.5, 0.6) is 0 Å². The third kappa shape index (κ3) is 18.6. The average Bonchev–Trinajstić information content (AvgIpc) is 3.95. The number of aromatic nitrogens is 1. The molecule has 0 saturated carbocycles. The smallest absolute Gasteiger partial charge is 0.330 e. The Labute approximate surface area is 459 Å². The summed E-state index contributed by atoms with van der Waals surface area (Å²) in [5.74, 6) is -8.52. The molecule has 1 aliphatic rings. The number of amides is 4. The summed E-state index contributed by atoms with van der Waals surface area (Å²) < 4.78 is 15.0. The van der Waals surface area contributed by atoms with Crippen molar-refractivity contribution in [1.82, 2.24) is 26.3 Å². The van der Waals surface area contributed by atoms with Crippen LogP contribution in [0.25, 0.3) is 22.8 Å². The molecule has 77 heavy (non-hydrogen) atoms. The number of esters is 2. The number of amidine groups is 1. The Balaban J connectivity index is 0.0000156. The molecule has 0 aliphatic carbocycles. The number of likely N-dealkylation sites (N-methyl/N-ethyl adjacent to an activating group) is 1. The summed E-state index contributed by atoms with van der Waals surface area (Å²) in [5.41, 5.74) is 1.88. The number of hydrogen-bond donors (Lipinski definition) is 8. The van der Waals surface area contributed by atoms with Crippen LogP contribution in [0, 0.1) is 0 Å². The Morgan fingerprint density at radius 3 is 1.77 bits per heavy atom. The van der Waals surface area contributed by atoms with Crippen molar-refractivity contribution in [3.05, 3.63) is 113 Å². The number of carboxylic acid groups (broad SMARTS) is 3. The van der Waals surface area contributed by atoms with E-state index in [2.05, 4.69) is 44.5 Å². The second-order valence-corrected chi connectivity index (χ2v) is 18.1. The fourth-order valence-corrected chi connectivity index (χ4v) is 8.23. The van der Waals surface area contributed by atoms with Crippen molar-refractivity contribution in [2.24, 2.45) is 4.99 Å². The van der Waals surface area contributed by atoms with Gasteiger partial charge in [0.2, 0.25) is 5.91 Å². The van der Waals surface area contributed by atoms with Crippen LogP contribution in [0.15, 0.2) is 90.1 Å². The average molecular weight is 1130 g/mol. The molecule has 0 bridgehead atoms. The molecule has 4 rings (SSSR count). The zero-order valence-electron chi connectivity index (χ0n) is 42.7. The van der Waals surface area contributed by atoms with E-state index in [0.717, 1.165) is 12.2 Å². The third-order valence-electron chi connectivity index (χ3n) is 11.0. The molecule has 1 aliphatic heterocycles. The number of aliphatic imine (C=N–C) groups is 1. The minimum absolute atomic E-state index is 0. The van der Waals surface area contributed by atoms with Gasteiger partial charge in [-0.15, -0.1) is 11.8 Å². The summed E-state index contributed by atoms with van der Waals surface area (Å²) in [6, 6.07) is 11.0. The van der Waals surface area contributed by atoms with E-state index in [-0.39, 0.29) is 123 Å². The summed E-state index contributed by atoms with van der Waals surface area (Å²) >= 11 is 0.661. The van der Waals surface area contributed by atoms with Gasteiger partial charge in [0.05, 0.1) is 28.6 Å². The molecule has 3 unspecified atom stereocenters. The molecule has 23 nitrogen and oxygen atoms in total. The molecule has 0 radical (unpaired) electrons. The summed E-state index contributed by atoms with van der Waals surface area (Å²) in [6.45, 7) is 11.9. The zero-order valence-corrected chi connectivity index (χ0v) is 46.5. The van der Waals surface area contributed by atoms with Crippen LogP contribution in [0.1, 0.15) is 73.3 Å². The molecule has 0 fully saturated rings. The number of rotatable bonds is 30. The number of allylic oxidation sites excluding steroid dienone is 1. The normalized spacial score (nSPS) is 13.4. The maximum absolute atomic E-state index is 14.3. The Morgan fingerprint density at radius 1 is 0.740 bits per heavy atom. The number of nitrogens with one attached hydrogen (secondary N) is 5. The van der Waals surface area contributed by atoms with Crippen molar-refractivity contribution in [1.29, 1.82) is 0 Å². The van der Waals surface area contributed by atoms with Gasteiger partial charge in [0, 0.05) is 68.7 Å². The molecule has 3 aromatic rings. The number of thioether (sulfide) groups is 1. The third-order valence-corrected chi connectivity index (χ3v) is 12.3. The molecule has 2 heterocycles. The first-order valence-corrected chi connectivity index (χ1v) is 24.5. The van der Waals surface area contributed by atoms with Crippen molar-refractivity contribution in [2.45, 2.75) is 76.0 Å². The van der Waals surface area contributed by atoms with E-state index in [9.17, 15) is 63.3 Å². The van der Waals surface area contributed by atoms with E-state index in [4.69, 9.17) is 19.5 Å². The first-order chi connectivity index (χ1) is 36.2. The monoisotopic (exact) mass is 1130 g/mol. The number of nitrogens with zero attached hydrogens (tertiary/aromatic N) is 2. The molecule has 0 spiro atoms. The fraction of sp³-hybridized carbons (Fsp3) is 0.327. The molecule has 1 aromatic heterocycles. The van der Waals surface area contributed by atoms with Gasteiger partial charge in [-0.3, -0.25) is 43.7 Å². The number of hydrogen-bond acceptors (Lipinski definition) is 16. The molecule has 0 saturated heterocycles. The minimum atomic E-state index is -1.37. The van der Waals surface area contributed by atoms with Gasteiger partial charge in [-0.05, 0) is 85.9 Å². The van der Waals surface area contributed by atoms with Crippen LogP contribution >= 0.6 is 11.8 Å². The van der Waals surface area contributed by atoms with E-state index in [0.29, 0.717) is 34.0 Å². The van der Waals surface area contributed by atoms with Gasteiger partial charge in [0.1, 0.15) is 30.9 Å². The minimum Gasteiger partial charge on any atom is -0.481 e. The van der Waals surface area contributed by atoms with Gasteiger partial charge in [0.25, 0.3) is 18.3 Å². The summed E-state index contributed by atoms with van der Waals surface area (Å²) in [6.07, 6.45) is 3.22. The maximum atomic E-state index is 14.3. The molecule has 4 amide bonds. The topological polar surface area (TPSA) is 346 Å². The van der Waals surface area contributed by atoms with Crippen molar-refractivity contribution in [2.75, 3.05) is 38.2 Å². The van der Waals surface area contributed by atoms with Gasteiger partial charge in [0.15, 0.2) is 5.91 Å². The van der Waals surface area contributed by atoms with E-state index in [1.807, 2.05) is 0 Å². The first-order valence-electron chi connectivity index (χ1n) is 23.6. The van der Waals surface area contributed by atoms with Gasteiger partial charge in [-0.1, -0.05) is 61.7 Å². The molecule has 2 aromatic carbocycles. The number of ether oxygens (including phenoxy) is 3. The van der Waals surface area contributed by atoms with Crippen LogP contribution in [0.3, 0.4) is 0 Å². The quantitative estimate of drug-likeness (QED) is 0.0156. The Kier molecular flexibility index (Phi) is 25.6. The van der Waals surface area contributed by atoms with Crippen molar-refractivity contribution < 1.29 is 97.0 Å². The second kappa shape index (κ2) is 31.1. The van der Waals surface area contributed by atoms with Crippen LogP contribution < -0.4 is 31.6 Å². The first kappa shape index (κ1) is 63.3. The van der Waals surface area contributed by atoms with Crippen LogP contribution in [0.2, 0.25) is 0 Å². The summed E-state index contributed by atoms with van der Waals surface area (Å²) in [5, 5.41) is 39.8. The fourth-order valence-electron chi connectivity index (χ4n) is 7.28. The number of aliphatic carboxylic acids is 3. The van der Waals surface area contributed by atoms with Crippen LogP contribution in [-0.4, -0.2) is 137 Å². The van der Waals surface area contributed by atoms with Crippen LogP contribution in [-0.2, 0) is 89.7 Å². The Bertz CT molecular complexity index is 2780. The molecule has 8 N–H and O–H groups in total. The number of aryl methyl sites for hydroxylation is 2. The van der Waals surface area contributed by atoms with Crippen molar-refractivity contribution in [3.8, 4) is 11.1 Å². The Hall–Kier alpha value is -8.02. The Morgan fingerprint density at radius 2 is 1.27 bits per heavy atom. The van der Waals surface area contributed by atoms with E-state index in [1.54, 1.807) is 62.4 Å². The second-order valence-electron chi connectivity index (χ2n) is 16.5. The predicted molar refractivity (Wildman–Crippen MR) is 279 cm³/mol. The zero-order chi connectivity index (χ0) is 56.1. The van der Waals surface area contributed by atoms with Gasteiger partial charge in [-0.2, -0.15) is 0 Å². The molecular weight excluding hydrogens is 1080 g/mol. The standard InChI is InChI=1S/C52H59N7O16S.Zn/c1-7-40(65)74-24-34(25-75-41(66)8-2)55-28(5)48(67)58-46-44(50(69)53-9-3)42(32-17-11-30(12-18-32)15-21-38(61)62)35(56-46)23-36-43(33-19-13-31(14-20-33)16-22-39(63)64)45(51(70)54-10-4)47(57-36)59-49(68)29(6)76-37(52(71)72)26-73-27-60;/h7-8,11-14,17-20,23,27-29,34,37,55H,1-2,9-10,15-16,21-22,24-26H2,3-6H3,(H8,53,54,56,57,58,59,61,62,63,64,67,68,69,70,71,72);/p-1. The van der Waals surface area contributed by atoms with Crippen molar-refractivity contribution in [3.63, 3.8) is 0 Å².